The average Bonchev–Trinajstić information content (AvgIpc) is 2.81. The van der Waals surface area contributed by atoms with E-state index >= 15 is 0 Å². The summed E-state index contributed by atoms with van der Waals surface area (Å²) in [6, 6.07) is 9.51. The molecule has 2 N–H and O–H groups in total. The number of allylic oxidation sites excluding steroid dienone is 5. The van der Waals surface area contributed by atoms with E-state index in [9.17, 15) is 13.6 Å². The molecule has 174 valence electrons. The first-order valence-electron chi connectivity index (χ1n) is 10.4. The molecule has 0 saturated carbocycles. The van der Waals surface area contributed by atoms with Crippen molar-refractivity contribution in [2.75, 3.05) is 12.8 Å². The van der Waals surface area contributed by atoms with Gasteiger partial charge in [0.2, 0.25) is 0 Å². The molecule has 0 unspecified atom stereocenters. The molecule has 0 aliphatic heterocycles. The van der Waals surface area contributed by atoms with Gasteiger partial charge in [-0.25, -0.2) is 4.98 Å². The highest BCUT2D eigenvalue weighted by Gasteiger charge is 2.19. The summed E-state index contributed by atoms with van der Waals surface area (Å²) in [6.07, 6.45) is 6.59. The zero-order chi connectivity index (χ0) is 24.2. The Hall–Kier alpha value is -3.79. The summed E-state index contributed by atoms with van der Waals surface area (Å²) in [5, 5.41) is 16.2. The van der Waals surface area contributed by atoms with Gasteiger partial charge < -0.3 is 15.5 Å². The normalized spacial score (nSPS) is 14.7. The van der Waals surface area contributed by atoms with Crippen LogP contribution in [0.1, 0.15) is 6.92 Å². The van der Waals surface area contributed by atoms with Crippen LogP contribution in [0.15, 0.2) is 76.2 Å². The van der Waals surface area contributed by atoms with Crippen molar-refractivity contribution in [1.29, 1.82) is 5.41 Å². The molecular formula is C24H21F2N5O2S. The van der Waals surface area contributed by atoms with Crippen LogP contribution in [0.4, 0.5) is 8.78 Å². The van der Waals surface area contributed by atoms with Crippen LogP contribution >= 0.6 is 11.8 Å². The molecule has 0 radical (unpaired) electrons. The van der Waals surface area contributed by atoms with Gasteiger partial charge in [0, 0.05) is 18.8 Å². The first-order valence-corrected chi connectivity index (χ1v) is 11.4. The quantitative estimate of drug-likeness (QED) is 0.475. The molecule has 0 amide bonds. The number of alkyl halides is 2. The van der Waals surface area contributed by atoms with Crippen molar-refractivity contribution in [1.82, 2.24) is 20.1 Å². The molecule has 1 aliphatic rings. The third kappa shape index (κ3) is 4.76. The summed E-state index contributed by atoms with van der Waals surface area (Å²) in [5.74, 6) is 0.799. The number of pyridine rings is 1. The lowest BCUT2D eigenvalue weighted by atomic mass is 10.0. The molecule has 7 nitrogen and oxygen atoms in total. The number of thioether (sulfide) groups is 1. The predicted octanol–water partition coefficient (Wildman–Crippen LogP) is 4.71. The highest BCUT2D eigenvalue weighted by molar-refractivity contribution is 7.99. The molecule has 1 aromatic carbocycles. The standard InChI is InChI=1S/C24H21F2N5O2S/c1-3-34-20-11-10-19-22(29-20)21(14-4-7-17(8-5-14)33-24(25)26)23(32)31(30-19)16-6-9-18(27)15(12-16)13-28-2/h4-13,24,27-28H,3H2,1-2H3/b15-13-,27-18?. The number of rotatable bonds is 7. The lowest BCUT2D eigenvalue weighted by molar-refractivity contribution is -0.0498. The minimum Gasteiger partial charge on any atom is -0.435 e. The molecule has 34 heavy (non-hydrogen) atoms. The SMILES string of the molecule is CCSc1ccc2nn(C3=C/C(=C/NC)C(=N)C=C3)c(=O)c(-c3ccc(OC(F)F)cc3)c2n1. The Morgan fingerprint density at radius 3 is 2.65 bits per heavy atom. The van der Waals surface area contributed by atoms with Crippen molar-refractivity contribution < 1.29 is 13.5 Å². The van der Waals surface area contributed by atoms with Crippen molar-refractivity contribution >= 4 is 34.2 Å². The van der Waals surface area contributed by atoms with Crippen LogP contribution in [0.25, 0.3) is 27.9 Å². The van der Waals surface area contributed by atoms with Crippen LogP contribution in [0.5, 0.6) is 5.75 Å². The third-order valence-corrected chi connectivity index (χ3v) is 5.75. The van der Waals surface area contributed by atoms with Gasteiger partial charge in [-0.05, 0) is 53.8 Å². The summed E-state index contributed by atoms with van der Waals surface area (Å²) >= 11 is 1.54. The number of nitrogens with zero attached hydrogens (tertiary/aromatic N) is 3. The largest absolute Gasteiger partial charge is 0.435 e. The van der Waals surface area contributed by atoms with Crippen molar-refractivity contribution in [3.63, 3.8) is 0 Å². The fourth-order valence-corrected chi connectivity index (χ4v) is 4.10. The first-order chi connectivity index (χ1) is 16.4. The predicted molar refractivity (Wildman–Crippen MR) is 131 cm³/mol. The number of nitrogens with one attached hydrogen (secondary N) is 2. The van der Waals surface area contributed by atoms with Crippen LogP contribution in [0.3, 0.4) is 0 Å². The number of hydrogen-bond donors (Lipinski definition) is 2. The zero-order valence-corrected chi connectivity index (χ0v) is 19.2. The zero-order valence-electron chi connectivity index (χ0n) is 18.4. The van der Waals surface area contributed by atoms with Crippen molar-refractivity contribution in [2.45, 2.75) is 18.6 Å². The average molecular weight is 482 g/mol. The summed E-state index contributed by atoms with van der Waals surface area (Å²) in [6.45, 7) is -0.936. The topological polar surface area (TPSA) is 92.9 Å². The second-order valence-corrected chi connectivity index (χ2v) is 8.43. The van der Waals surface area contributed by atoms with Gasteiger partial charge in [0.25, 0.3) is 5.56 Å². The highest BCUT2D eigenvalue weighted by atomic mass is 32.2. The summed E-state index contributed by atoms with van der Waals surface area (Å²) in [4.78, 5) is 18.4. The van der Waals surface area contributed by atoms with Gasteiger partial charge in [-0.15, -0.1) is 11.8 Å². The molecule has 10 heteroatoms. The van der Waals surface area contributed by atoms with Gasteiger partial charge in [0.1, 0.15) is 16.8 Å². The van der Waals surface area contributed by atoms with Gasteiger partial charge in [-0.3, -0.25) is 4.79 Å². The van der Waals surface area contributed by atoms with E-state index in [0.717, 1.165) is 10.8 Å². The molecule has 0 spiro atoms. The van der Waals surface area contributed by atoms with E-state index in [1.165, 1.54) is 28.6 Å². The molecule has 0 bridgehead atoms. The van der Waals surface area contributed by atoms with E-state index in [0.29, 0.717) is 39.1 Å². The Kier molecular flexibility index (Phi) is 6.87. The number of hydrogen-bond acceptors (Lipinski definition) is 7. The van der Waals surface area contributed by atoms with E-state index in [-0.39, 0.29) is 5.75 Å². The van der Waals surface area contributed by atoms with E-state index < -0.39 is 12.2 Å². The summed E-state index contributed by atoms with van der Waals surface area (Å²) < 4.78 is 30.9. The fourth-order valence-electron chi connectivity index (χ4n) is 3.48. The smallest absolute Gasteiger partial charge is 0.387 e. The monoisotopic (exact) mass is 481 g/mol. The second kappa shape index (κ2) is 10.0. The Bertz CT molecular complexity index is 1390. The maximum absolute atomic E-state index is 13.7. The number of benzene rings is 1. The lowest BCUT2D eigenvalue weighted by Gasteiger charge is -2.15. The van der Waals surface area contributed by atoms with E-state index in [1.807, 2.05) is 13.0 Å². The van der Waals surface area contributed by atoms with Crippen molar-refractivity contribution in [3.8, 4) is 16.9 Å². The maximum Gasteiger partial charge on any atom is 0.387 e. The Morgan fingerprint density at radius 1 is 1.21 bits per heavy atom. The van der Waals surface area contributed by atoms with E-state index in [4.69, 9.17) is 5.41 Å². The molecule has 0 atom stereocenters. The van der Waals surface area contributed by atoms with Gasteiger partial charge in [-0.1, -0.05) is 19.1 Å². The molecule has 2 heterocycles. The number of halogens is 2. The minimum absolute atomic E-state index is 0.00842. The molecule has 0 fully saturated rings. The van der Waals surface area contributed by atoms with Crippen LogP contribution < -0.4 is 15.6 Å². The molecule has 3 aromatic rings. The van der Waals surface area contributed by atoms with Gasteiger partial charge in [0.15, 0.2) is 0 Å². The molecular weight excluding hydrogens is 460 g/mol. The number of fused-ring (bicyclic) bond motifs is 1. The molecule has 2 aromatic heterocycles. The third-order valence-electron chi connectivity index (χ3n) is 4.94. The summed E-state index contributed by atoms with van der Waals surface area (Å²) in [7, 11) is 1.73. The Labute approximate surface area is 198 Å². The second-order valence-electron chi connectivity index (χ2n) is 7.15. The van der Waals surface area contributed by atoms with E-state index in [1.54, 1.807) is 49.7 Å². The lowest BCUT2D eigenvalue weighted by Crippen LogP contribution is -2.25. The Balaban J connectivity index is 1.94. The van der Waals surface area contributed by atoms with Crippen LogP contribution in [-0.2, 0) is 0 Å². The van der Waals surface area contributed by atoms with Crippen molar-refractivity contribution in [2.24, 2.45) is 0 Å². The number of aromatic nitrogens is 3. The minimum atomic E-state index is -2.94. The van der Waals surface area contributed by atoms with Gasteiger partial charge in [-0.2, -0.15) is 18.6 Å². The van der Waals surface area contributed by atoms with Crippen LogP contribution in [0, 0.1) is 5.41 Å². The highest BCUT2D eigenvalue weighted by Crippen LogP contribution is 2.28. The summed E-state index contributed by atoms with van der Waals surface area (Å²) in [5.41, 5.74) is 2.66. The van der Waals surface area contributed by atoms with Crippen molar-refractivity contribution in [3.05, 3.63) is 76.8 Å². The fraction of sp³-hybridized carbons (Fsp3) is 0.167. The van der Waals surface area contributed by atoms with Gasteiger partial charge >= 0.3 is 6.61 Å². The van der Waals surface area contributed by atoms with Gasteiger partial charge in [0.05, 0.1) is 22.0 Å². The van der Waals surface area contributed by atoms with Crippen LogP contribution in [-0.4, -0.2) is 39.9 Å². The first kappa shape index (κ1) is 23.4. The number of ether oxygens (including phenoxy) is 1. The molecule has 1 aliphatic carbocycles. The molecule has 4 rings (SSSR count). The van der Waals surface area contributed by atoms with Crippen LogP contribution in [0.2, 0.25) is 0 Å². The maximum atomic E-state index is 13.7. The Morgan fingerprint density at radius 2 is 1.97 bits per heavy atom. The van der Waals surface area contributed by atoms with E-state index in [2.05, 4.69) is 20.1 Å². The molecule has 0 saturated heterocycles.